The number of hydrogen-bond acceptors (Lipinski definition) is 5. The van der Waals surface area contributed by atoms with Gasteiger partial charge in [0.1, 0.15) is 0 Å². The highest BCUT2D eigenvalue weighted by molar-refractivity contribution is 4.85. The molecule has 1 saturated carbocycles. The van der Waals surface area contributed by atoms with E-state index in [9.17, 15) is 0 Å². The zero-order chi connectivity index (χ0) is 13.1. The van der Waals surface area contributed by atoms with Crippen LogP contribution in [0.1, 0.15) is 45.4 Å². The molecule has 0 spiro atoms. The van der Waals surface area contributed by atoms with Crippen molar-refractivity contribution < 1.29 is 4.84 Å². The van der Waals surface area contributed by atoms with Crippen LogP contribution in [0.5, 0.6) is 0 Å². The largest absolute Gasteiger partial charge is 0.301 e. The van der Waals surface area contributed by atoms with Crippen LogP contribution in [0.4, 0.5) is 0 Å². The molecule has 5 nitrogen and oxygen atoms in total. The van der Waals surface area contributed by atoms with E-state index < -0.39 is 0 Å². The summed E-state index contributed by atoms with van der Waals surface area (Å²) in [5, 5.41) is 3.63. The van der Waals surface area contributed by atoms with Crippen LogP contribution in [0.15, 0.2) is 0 Å². The van der Waals surface area contributed by atoms with Gasteiger partial charge in [0, 0.05) is 12.6 Å². The summed E-state index contributed by atoms with van der Waals surface area (Å²) >= 11 is 0. The molecule has 2 aliphatic heterocycles. The van der Waals surface area contributed by atoms with Crippen LogP contribution < -0.4 is 21.6 Å². The highest BCUT2D eigenvalue weighted by Crippen LogP contribution is 2.33. The molecule has 2 heterocycles. The number of nitrogens with one attached hydrogen (secondary N) is 4. The summed E-state index contributed by atoms with van der Waals surface area (Å²) in [7, 11) is 0. The van der Waals surface area contributed by atoms with Gasteiger partial charge in [-0.3, -0.25) is 10.3 Å². The third kappa shape index (κ3) is 3.67. The first-order valence-electron chi connectivity index (χ1n) is 7.94. The zero-order valence-corrected chi connectivity index (χ0v) is 12.0. The van der Waals surface area contributed by atoms with E-state index in [0.29, 0.717) is 18.3 Å². The first-order chi connectivity index (χ1) is 9.31. The van der Waals surface area contributed by atoms with Crippen molar-refractivity contribution in [2.24, 2.45) is 11.8 Å². The van der Waals surface area contributed by atoms with Crippen LogP contribution in [-0.4, -0.2) is 31.4 Å². The predicted octanol–water partition coefficient (Wildman–Crippen LogP) is 0.888. The van der Waals surface area contributed by atoms with Gasteiger partial charge in [-0.25, -0.2) is 5.43 Å². The first-order valence-corrected chi connectivity index (χ1v) is 7.94. The average Bonchev–Trinajstić information content (AvgIpc) is 3.08. The molecule has 3 atom stereocenters. The van der Waals surface area contributed by atoms with Crippen molar-refractivity contribution >= 4 is 0 Å². The van der Waals surface area contributed by atoms with E-state index in [-0.39, 0.29) is 0 Å². The Labute approximate surface area is 116 Å². The summed E-state index contributed by atoms with van der Waals surface area (Å²) in [4.78, 5) is 5.48. The number of hydroxylamine groups is 1. The Morgan fingerprint density at radius 3 is 2.63 bits per heavy atom. The lowest BCUT2D eigenvalue weighted by Crippen LogP contribution is -2.43. The van der Waals surface area contributed by atoms with E-state index >= 15 is 0 Å². The molecule has 2 saturated heterocycles. The van der Waals surface area contributed by atoms with Gasteiger partial charge in [-0.1, -0.05) is 0 Å². The molecule has 1 aliphatic carbocycles. The monoisotopic (exact) mass is 268 g/mol. The number of hydrazine groups is 1. The van der Waals surface area contributed by atoms with Crippen molar-refractivity contribution in [2.45, 2.75) is 63.8 Å². The normalized spacial score (nSPS) is 43.7. The maximum absolute atomic E-state index is 5.48. The summed E-state index contributed by atoms with van der Waals surface area (Å²) in [6.07, 6.45) is 8.69. The highest BCUT2D eigenvalue weighted by Gasteiger charge is 2.32. The van der Waals surface area contributed by atoms with Crippen LogP contribution in [0, 0.1) is 11.8 Å². The molecule has 0 aromatic rings. The fraction of sp³-hybridized carbons (Fsp3) is 1.00. The van der Waals surface area contributed by atoms with Crippen LogP contribution in [-0.2, 0) is 4.84 Å². The Morgan fingerprint density at radius 2 is 2.00 bits per heavy atom. The van der Waals surface area contributed by atoms with E-state index in [0.717, 1.165) is 24.9 Å². The maximum atomic E-state index is 5.48. The van der Waals surface area contributed by atoms with Crippen molar-refractivity contribution in [3.63, 3.8) is 0 Å². The van der Waals surface area contributed by atoms with E-state index in [4.69, 9.17) is 4.84 Å². The van der Waals surface area contributed by atoms with E-state index in [1.54, 1.807) is 0 Å². The van der Waals surface area contributed by atoms with Gasteiger partial charge in [0.2, 0.25) is 0 Å². The van der Waals surface area contributed by atoms with Crippen molar-refractivity contribution in [1.82, 2.24) is 21.6 Å². The Kier molecular flexibility index (Phi) is 4.71. The van der Waals surface area contributed by atoms with Crippen molar-refractivity contribution in [1.29, 1.82) is 0 Å². The minimum Gasteiger partial charge on any atom is -0.301 e. The number of rotatable bonds is 4. The molecule has 0 aromatic carbocycles. The molecular formula is C14H28N4O. The van der Waals surface area contributed by atoms with E-state index in [1.165, 1.54) is 38.5 Å². The van der Waals surface area contributed by atoms with Gasteiger partial charge in [-0.05, 0) is 63.8 Å². The van der Waals surface area contributed by atoms with Gasteiger partial charge in [-0.2, -0.15) is 5.48 Å². The molecule has 4 N–H and O–H groups in total. The summed E-state index contributed by atoms with van der Waals surface area (Å²) in [5.41, 5.74) is 9.67. The summed E-state index contributed by atoms with van der Waals surface area (Å²) < 4.78 is 0. The van der Waals surface area contributed by atoms with Gasteiger partial charge >= 0.3 is 0 Å². The molecular weight excluding hydrogens is 240 g/mol. The fourth-order valence-electron chi connectivity index (χ4n) is 3.69. The van der Waals surface area contributed by atoms with Crippen LogP contribution in [0.2, 0.25) is 0 Å². The second kappa shape index (κ2) is 6.50. The summed E-state index contributed by atoms with van der Waals surface area (Å²) in [6.45, 7) is 4.40. The van der Waals surface area contributed by atoms with Gasteiger partial charge < -0.3 is 5.32 Å². The predicted molar refractivity (Wildman–Crippen MR) is 75.1 cm³/mol. The molecule has 3 unspecified atom stereocenters. The smallest absolute Gasteiger partial charge is 0.0778 e. The number of hydrogen-bond donors (Lipinski definition) is 4. The Morgan fingerprint density at radius 1 is 1.16 bits per heavy atom. The molecule has 3 rings (SSSR count). The molecule has 0 aromatic heterocycles. The molecule has 19 heavy (non-hydrogen) atoms. The molecule has 0 amide bonds. The summed E-state index contributed by atoms with van der Waals surface area (Å²) in [5.74, 6) is 1.69. The van der Waals surface area contributed by atoms with Crippen molar-refractivity contribution in [2.75, 3.05) is 13.1 Å². The second-order valence-electron chi connectivity index (χ2n) is 6.49. The first kappa shape index (κ1) is 13.8. The fourth-order valence-corrected chi connectivity index (χ4v) is 3.69. The topological polar surface area (TPSA) is 57.3 Å². The Bertz CT molecular complexity index is 275. The van der Waals surface area contributed by atoms with Crippen LogP contribution in [0.25, 0.3) is 0 Å². The molecule has 110 valence electrons. The van der Waals surface area contributed by atoms with Gasteiger partial charge in [0.25, 0.3) is 0 Å². The second-order valence-corrected chi connectivity index (χ2v) is 6.49. The van der Waals surface area contributed by atoms with Crippen molar-refractivity contribution in [3.8, 4) is 0 Å². The van der Waals surface area contributed by atoms with Crippen LogP contribution >= 0.6 is 0 Å². The lowest BCUT2D eigenvalue weighted by Gasteiger charge is -2.32. The van der Waals surface area contributed by atoms with Crippen LogP contribution in [0.3, 0.4) is 0 Å². The third-order valence-corrected chi connectivity index (χ3v) is 4.95. The van der Waals surface area contributed by atoms with Gasteiger partial charge in [0.05, 0.1) is 12.3 Å². The standard InChI is InChI=1S/C14H28N4O/c1-10-8-13(18-19-10)12-4-2-11(3-5-12)9-15-14-6-7-16-17-14/h10-18H,2-9H2,1H3. The molecule has 3 aliphatic rings. The van der Waals surface area contributed by atoms with Gasteiger partial charge in [-0.15, -0.1) is 0 Å². The SMILES string of the molecule is CC1CC(C2CCC(CNC3CCNN3)CC2)NO1. The Hall–Kier alpha value is -0.200. The lowest BCUT2D eigenvalue weighted by atomic mass is 9.77. The minimum absolute atomic E-state index is 0.394. The average molecular weight is 268 g/mol. The zero-order valence-electron chi connectivity index (χ0n) is 12.0. The molecule has 5 heteroatoms. The maximum Gasteiger partial charge on any atom is 0.0778 e. The summed E-state index contributed by atoms with van der Waals surface area (Å²) in [6, 6.07) is 0.601. The molecule has 0 radical (unpaired) electrons. The van der Waals surface area contributed by atoms with E-state index in [1.807, 2.05) is 0 Å². The molecule has 3 fully saturated rings. The Balaban J connectivity index is 1.35. The third-order valence-electron chi connectivity index (χ3n) is 4.95. The molecule has 0 bridgehead atoms. The minimum atomic E-state index is 0.394. The highest BCUT2D eigenvalue weighted by atomic mass is 16.7. The van der Waals surface area contributed by atoms with Crippen molar-refractivity contribution in [3.05, 3.63) is 0 Å². The van der Waals surface area contributed by atoms with E-state index in [2.05, 4.69) is 28.6 Å². The quantitative estimate of drug-likeness (QED) is 0.610. The lowest BCUT2D eigenvalue weighted by molar-refractivity contribution is 0.0269. The van der Waals surface area contributed by atoms with Gasteiger partial charge in [0.15, 0.2) is 0 Å².